The fourth-order valence-corrected chi connectivity index (χ4v) is 3.42. The van der Waals surface area contributed by atoms with Gasteiger partial charge in [-0.05, 0) is 49.6 Å². The van der Waals surface area contributed by atoms with Crippen LogP contribution in [0, 0.1) is 5.82 Å². The predicted octanol–water partition coefficient (Wildman–Crippen LogP) is 3.32. The Morgan fingerprint density at radius 3 is 2.68 bits per heavy atom. The van der Waals surface area contributed by atoms with Crippen molar-refractivity contribution in [3.05, 3.63) is 36.3 Å². The fraction of sp³-hybridized carbons (Fsp3) is 0.375. The van der Waals surface area contributed by atoms with Crippen LogP contribution in [0.4, 0.5) is 4.39 Å². The van der Waals surface area contributed by atoms with Crippen LogP contribution in [0.3, 0.4) is 0 Å². The molecule has 1 aliphatic rings. The van der Waals surface area contributed by atoms with Gasteiger partial charge in [0.2, 0.25) is 5.91 Å². The number of rotatable bonds is 4. The van der Waals surface area contributed by atoms with Crippen molar-refractivity contribution in [2.75, 3.05) is 13.1 Å². The molecule has 1 atom stereocenters. The van der Waals surface area contributed by atoms with Gasteiger partial charge in [-0.2, -0.15) is 0 Å². The van der Waals surface area contributed by atoms with Gasteiger partial charge in [-0.25, -0.2) is 9.37 Å². The van der Waals surface area contributed by atoms with Gasteiger partial charge in [0, 0.05) is 13.1 Å². The van der Waals surface area contributed by atoms with Crippen LogP contribution in [0.25, 0.3) is 11.3 Å². The second-order valence-corrected chi connectivity index (χ2v) is 6.73. The number of nitrogens with zero attached hydrogens (tertiary/aromatic N) is 2. The summed E-state index contributed by atoms with van der Waals surface area (Å²) in [5.41, 5.74) is 1.70. The normalized spacial score (nSPS) is 16.0. The summed E-state index contributed by atoms with van der Waals surface area (Å²) in [5, 5.41) is 0.546. The number of nitrogens with one attached hydrogen (secondary N) is 1. The molecule has 22 heavy (non-hydrogen) atoms. The van der Waals surface area contributed by atoms with Crippen molar-refractivity contribution in [2.24, 2.45) is 0 Å². The van der Waals surface area contributed by atoms with Crippen LogP contribution in [-0.2, 0) is 4.79 Å². The van der Waals surface area contributed by atoms with Crippen molar-refractivity contribution in [1.82, 2.24) is 14.9 Å². The monoisotopic (exact) mass is 319 g/mol. The van der Waals surface area contributed by atoms with Crippen LogP contribution in [0.5, 0.6) is 0 Å². The third-order valence-corrected chi connectivity index (χ3v) is 4.75. The molecular weight excluding hydrogens is 301 g/mol. The Hall–Kier alpha value is -1.82. The Labute approximate surface area is 133 Å². The Kier molecular flexibility index (Phi) is 4.47. The zero-order valence-electron chi connectivity index (χ0n) is 12.4. The molecule has 1 aromatic carbocycles. The van der Waals surface area contributed by atoms with Crippen LogP contribution >= 0.6 is 11.8 Å². The van der Waals surface area contributed by atoms with E-state index in [2.05, 4.69) is 9.97 Å². The Bertz CT molecular complexity index is 650. The summed E-state index contributed by atoms with van der Waals surface area (Å²) in [4.78, 5) is 21.7. The van der Waals surface area contributed by atoms with E-state index in [1.54, 1.807) is 18.3 Å². The average Bonchev–Trinajstić information content (AvgIpc) is 3.18. The minimum Gasteiger partial charge on any atom is -0.342 e. The molecule has 1 N–H and O–H groups in total. The lowest BCUT2D eigenvalue weighted by Crippen LogP contribution is -2.34. The highest BCUT2D eigenvalue weighted by molar-refractivity contribution is 8.00. The molecule has 2 heterocycles. The van der Waals surface area contributed by atoms with E-state index in [1.165, 1.54) is 23.9 Å². The largest absolute Gasteiger partial charge is 0.342 e. The lowest BCUT2D eigenvalue weighted by Gasteiger charge is -2.19. The van der Waals surface area contributed by atoms with Crippen molar-refractivity contribution in [3.63, 3.8) is 0 Å². The number of halogens is 1. The summed E-state index contributed by atoms with van der Waals surface area (Å²) >= 11 is 1.43. The first-order valence-corrected chi connectivity index (χ1v) is 8.28. The van der Waals surface area contributed by atoms with Gasteiger partial charge in [-0.3, -0.25) is 4.79 Å². The third kappa shape index (κ3) is 3.32. The average molecular weight is 319 g/mol. The van der Waals surface area contributed by atoms with Gasteiger partial charge in [0.05, 0.1) is 17.1 Å². The molecule has 2 aromatic rings. The quantitative estimate of drug-likeness (QED) is 0.880. The molecule has 3 rings (SSSR count). The maximum Gasteiger partial charge on any atom is 0.235 e. The van der Waals surface area contributed by atoms with Gasteiger partial charge < -0.3 is 9.88 Å². The second kappa shape index (κ2) is 6.52. The molecule has 1 amide bonds. The number of hydrogen-bond acceptors (Lipinski definition) is 3. The minimum absolute atomic E-state index is 0.162. The summed E-state index contributed by atoms with van der Waals surface area (Å²) in [5.74, 6) is -0.0927. The van der Waals surface area contributed by atoms with E-state index in [1.807, 2.05) is 11.8 Å². The van der Waals surface area contributed by atoms with Crippen LogP contribution in [0.1, 0.15) is 19.8 Å². The molecule has 0 bridgehead atoms. The lowest BCUT2D eigenvalue weighted by molar-refractivity contribution is -0.129. The smallest absolute Gasteiger partial charge is 0.235 e. The van der Waals surface area contributed by atoms with Gasteiger partial charge in [0.15, 0.2) is 5.16 Å². The number of carbonyl (C=O) groups is 1. The SMILES string of the molecule is CC(Sc1ncc(-c2ccc(F)cc2)[nH]1)C(=O)N1CCCC1. The number of carbonyl (C=O) groups excluding carboxylic acids is 1. The molecule has 0 saturated carbocycles. The molecule has 4 nitrogen and oxygen atoms in total. The number of hydrogen-bond donors (Lipinski definition) is 1. The first-order valence-electron chi connectivity index (χ1n) is 7.40. The van der Waals surface area contributed by atoms with Crippen molar-refractivity contribution in [1.29, 1.82) is 0 Å². The maximum absolute atomic E-state index is 12.9. The highest BCUT2D eigenvalue weighted by Gasteiger charge is 2.24. The Morgan fingerprint density at radius 2 is 2.00 bits per heavy atom. The van der Waals surface area contributed by atoms with E-state index in [-0.39, 0.29) is 17.0 Å². The third-order valence-electron chi connectivity index (χ3n) is 3.76. The van der Waals surface area contributed by atoms with Crippen LogP contribution in [-0.4, -0.2) is 39.1 Å². The first-order chi connectivity index (χ1) is 10.6. The Balaban J connectivity index is 1.66. The predicted molar refractivity (Wildman–Crippen MR) is 85.1 cm³/mol. The van der Waals surface area contributed by atoms with Gasteiger partial charge >= 0.3 is 0 Å². The van der Waals surface area contributed by atoms with Crippen molar-refractivity contribution in [3.8, 4) is 11.3 Å². The molecule has 0 radical (unpaired) electrons. The fourth-order valence-electron chi connectivity index (χ4n) is 2.55. The Morgan fingerprint density at radius 1 is 1.32 bits per heavy atom. The molecule has 1 aromatic heterocycles. The topological polar surface area (TPSA) is 49.0 Å². The number of aromatic amines is 1. The van der Waals surface area contributed by atoms with Gasteiger partial charge in [-0.15, -0.1) is 0 Å². The van der Waals surface area contributed by atoms with E-state index in [0.29, 0.717) is 5.16 Å². The van der Waals surface area contributed by atoms with E-state index in [4.69, 9.17) is 0 Å². The summed E-state index contributed by atoms with van der Waals surface area (Å²) < 4.78 is 12.9. The van der Waals surface area contributed by atoms with E-state index >= 15 is 0 Å². The van der Waals surface area contributed by atoms with Gasteiger partial charge in [0.25, 0.3) is 0 Å². The van der Waals surface area contributed by atoms with Gasteiger partial charge in [-0.1, -0.05) is 11.8 Å². The number of benzene rings is 1. The molecule has 1 fully saturated rings. The standard InChI is InChI=1S/C16H18FN3OS/c1-11(15(21)20-8-2-3-9-20)22-16-18-10-14(19-16)12-4-6-13(17)7-5-12/h4-7,10-11H,2-3,8-9H2,1H3,(H,18,19). The summed E-state index contributed by atoms with van der Waals surface area (Å²) in [6, 6.07) is 6.25. The zero-order valence-corrected chi connectivity index (χ0v) is 13.2. The van der Waals surface area contributed by atoms with Crippen LogP contribution in [0.2, 0.25) is 0 Å². The number of likely N-dealkylation sites (tertiary alicyclic amines) is 1. The minimum atomic E-state index is -0.261. The van der Waals surface area contributed by atoms with Crippen molar-refractivity contribution >= 4 is 17.7 Å². The van der Waals surface area contributed by atoms with E-state index < -0.39 is 0 Å². The summed E-state index contributed by atoms with van der Waals surface area (Å²) in [6.45, 7) is 3.64. The first kappa shape index (κ1) is 15.1. The molecular formula is C16H18FN3OS. The molecule has 0 aliphatic carbocycles. The number of H-pyrrole nitrogens is 1. The molecule has 0 spiro atoms. The molecule has 116 valence electrons. The number of aromatic nitrogens is 2. The highest BCUT2D eigenvalue weighted by Crippen LogP contribution is 2.26. The van der Waals surface area contributed by atoms with E-state index in [0.717, 1.165) is 37.2 Å². The van der Waals surface area contributed by atoms with E-state index in [9.17, 15) is 9.18 Å². The molecule has 1 saturated heterocycles. The number of amides is 1. The second-order valence-electron chi connectivity index (χ2n) is 5.40. The van der Waals surface area contributed by atoms with Crippen LogP contribution in [0.15, 0.2) is 35.6 Å². The molecule has 1 unspecified atom stereocenters. The van der Waals surface area contributed by atoms with Crippen molar-refractivity contribution in [2.45, 2.75) is 30.2 Å². The molecule has 1 aliphatic heterocycles. The van der Waals surface area contributed by atoms with Crippen molar-refractivity contribution < 1.29 is 9.18 Å². The van der Waals surface area contributed by atoms with Gasteiger partial charge in [0.1, 0.15) is 5.82 Å². The number of thioether (sulfide) groups is 1. The summed E-state index contributed by atoms with van der Waals surface area (Å²) in [6.07, 6.45) is 3.90. The summed E-state index contributed by atoms with van der Waals surface area (Å²) in [7, 11) is 0. The maximum atomic E-state index is 12.9. The lowest BCUT2D eigenvalue weighted by atomic mass is 10.2. The molecule has 6 heteroatoms. The number of imidazole rings is 1. The zero-order chi connectivity index (χ0) is 15.5. The van der Waals surface area contributed by atoms with Crippen LogP contribution < -0.4 is 0 Å². The highest BCUT2D eigenvalue weighted by atomic mass is 32.2.